The molecule has 2 aromatic rings. The maximum atomic E-state index is 16.2. The fraction of sp³-hybridized carbons (Fsp3) is 0.500. The lowest BCUT2D eigenvalue weighted by Crippen LogP contribution is -2.56. The van der Waals surface area contributed by atoms with E-state index in [0.717, 1.165) is 12.2 Å². The van der Waals surface area contributed by atoms with Crippen LogP contribution in [0.25, 0.3) is 0 Å². The summed E-state index contributed by atoms with van der Waals surface area (Å²) in [5, 5.41) is 14.3. The van der Waals surface area contributed by atoms with Gasteiger partial charge in [0.05, 0.1) is 6.54 Å². The fourth-order valence-electron chi connectivity index (χ4n) is 6.85. The minimum absolute atomic E-state index is 0.0340. The number of aromatic amines is 1. The molecular formula is C26H29FN4O4. The monoisotopic (exact) mass is 480 g/mol. The Kier molecular flexibility index (Phi) is 4.95. The molecule has 0 bridgehead atoms. The summed E-state index contributed by atoms with van der Waals surface area (Å²) in [5.74, 6) is -1.79. The predicted octanol–water partition coefficient (Wildman–Crippen LogP) is 1.96. The van der Waals surface area contributed by atoms with Crippen LogP contribution in [0.4, 0.5) is 4.39 Å². The smallest absolute Gasteiger partial charge is 0.255 e. The van der Waals surface area contributed by atoms with E-state index < -0.39 is 34.7 Å². The predicted molar refractivity (Wildman–Crippen MR) is 123 cm³/mol. The highest BCUT2D eigenvalue weighted by molar-refractivity contribution is 6.05. The summed E-state index contributed by atoms with van der Waals surface area (Å²) >= 11 is 0. The zero-order chi connectivity index (χ0) is 24.5. The van der Waals surface area contributed by atoms with Crippen molar-refractivity contribution in [3.05, 3.63) is 58.2 Å². The number of aliphatic hydroxyl groups is 1. The Morgan fingerprint density at radius 3 is 2.83 bits per heavy atom. The van der Waals surface area contributed by atoms with Crippen LogP contribution in [0.5, 0.6) is 0 Å². The van der Waals surface area contributed by atoms with Crippen molar-refractivity contribution in [2.24, 2.45) is 5.41 Å². The van der Waals surface area contributed by atoms with Gasteiger partial charge < -0.3 is 15.0 Å². The summed E-state index contributed by atoms with van der Waals surface area (Å²) in [6.07, 6.45) is 3.85. The van der Waals surface area contributed by atoms with Gasteiger partial charge in [-0.3, -0.25) is 24.6 Å². The molecular weight excluding hydrogens is 451 g/mol. The molecule has 3 aliphatic heterocycles. The van der Waals surface area contributed by atoms with Crippen LogP contribution < -0.4 is 5.32 Å². The topological polar surface area (TPSA) is 106 Å². The van der Waals surface area contributed by atoms with Crippen LogP contribution in [0, 0.1) is 11.2 Å². The van der Waals surface area contributed by atoms with Gasteiger partial charge in [-0.05, 0) is 49.4 Å². The van der Waals surface area contributed by atoms with Gasteiger partial charge in [0.1, 0.15) is 17.5 Å². The molecule has 1 aromatic carbocycles. The maximum absolute atomic E-state index is 16.2. The number of carbonyl (C=O) groups is 3. The average molecular weight is 481 g/mol. The first-order valence-corrected chi connectivity index (χ1v) is 12.3. The number of carbonyl (C=O) groups excluding carboxylic acids is 3. The van der Waals surface area contributed by atoms with Crippen LogP contribution in [0.15, 0.2) is 24.4 Å². The molecule has 1 aromatic heterocycles. The number of imide groups is 1. The molecule has 0 spiro atoms. The highest BCUT2D eigenvalue weighted by Gasteiger charge is 2.60. The van der Waals surface area contributed by atoms with Gasteiger partial charge in [-0.2, -0.15) is 0 Å². The number of halogens is 1. The molecule has 3 N–H and O–H groups in total. The van der Waals surface area contributed by atoms with Gasteiger partial charge in [-0.15, -0.1) is 0 Å². The molecule has 3 atom stereocenters. The fourth-order valence-corrected chi connectivity index (χ4v) is 6.85. The third kappa shape index (κ3) is 3.14. The van der Waals surface area contributed by atoms with Crippen molar-refractivity contribution in [1.82, 2.24) is 20.1 Å². The number of likely N-dealkylation sites (tertiary alicyclic amines) is 1. The summed E-state index contributed by atoms with van der Waals surface area (Å²) in [6.45, 7) is 4.01. The van der Waals surface area contributed by atoms with Crippen molar-refractivity contribution in [2.75, 3.05) is 13.1 Å². The van der Waals surface area contributed by atoms with E-state index in [1.54, 1.807) is 6.07 Å². The van der Waals surface area contributed by atoms with E-state index in [1.165, 1.54) is 4.90 Å². The van der Waals surface area contributed by atoms with Crippen LogP contribution in [0.3, 0.4) is 0 Å². The second-order valence-corrected chi connectivity index (χ2v) is 10.5. The third-order valence-corrected chi connectivity index (χ3v) is 8.72. The molecule has 4 aliphatic rings. The molecule has 184 valence electrons. The van der Waals surface area contributed by atoms with E-state index in [9.17, 15) is 19.5 Å². The first-order chi connectivity index (χ1) is 16.8. The van der Waals surface area contributed by atoms with E-state index in [-0.39, 0.29) is 36.4 Å². The van der Waals surface area contributed by atoms with Crippen molar-refractivity contribution in [3.63, 3.8) is 0 Å². The Morgan fingerprint density at radius 2 is 2.11 bits per heavy atom. The van der Waals surface area contributed by atoms with Gasteiger partial charge in [0.25, 0.3) is 5.91 Å². The number of rotatable bonds is 4. The molecule has 1 aliphatic carbocycles. The largest absolute Gasteiger partial charge is 0.384 e. The molecule has 3 unspecified atom stereocenters. The Hall–Kier alpha value is -3.04. The summed E-state index contributed by atoms with van der Waals surface area (Å²) in [4.78, 5) is 44.1. The number of amides is 3. The summed E-state index contributed by atoms with van der Waals surface area (Å²) in [5.41, 5.74) is 0.772. The van der Waals surface area contributed by atoms with Crippen molar-refractivity contribution in [1.29, 1.82) is 0 Å². The number of H-pyrrole nitrogens is 1. The number of fused-ring (bicyclic) bond motifs is 4. The Balaban J connectivity index is 1.33. The minimum atomic E-state index is -1.31. The second kappa shape index (κ2) is 7.73. The van der Waals surface area contributed by atoms with Crippen LogP contribution in [-0.4, -0.2) is 56.7 Å². The number of nitrogens with zero attached hydrogens (tertiary/aromatic N) is 2. The lowest BCUT2D eigenvalue weighted by Gasteiger charge is -2.50. The molecule has 8 nitrogen and oxygen atoms in total. The van der Waals surface area contributed by atoms with E-state index in [0.29, 0.717) is 43.5 Å². The highest BCUT2D eigenvalue weighted by atomic mass is 19.1. The Bertz CT molecular complexity index is 1240. The molecule has 0 radical (unpaired) electrons. The van der Waals surface area contributed by atoms with E-state index in [2.05, 4.69) is 15.2 Å². The van der Waals surface area contributed by atoms with Gasteiger partial charge in [0, 0.05) is 60.1 Å². The lowest BCUT2D eigenvalue weighted by molar-refractivity contribution is -0.137. The molecule has 3 amide bonds. The molecule has 35 heavy (non-hydrogen) atoms. The SMILES string of the molecule is CCC12Cc3cc4c(c(F)c3C1(O)CCN(Cc1ccc[nH]1)C2)CN(C1CCC(=O)NC1=O)C4=O. The summed E-state index contributed by atoms with van der Waals surface area (Å²) < 4.78 is 16.2. The van der Waals surface area contributed by atoms with Gasteiger partial charge in [-0.25, -0.2) is 4.39 Å². The molecule has 0 saturated carbocycles. The zero-order valence-corrected chi connectivity index (χ0v) is 19.7. The molecule has 4 heterocycles. The van der Waals surface area contributed by atoms with E-state index >= 15 is 4.39 Å². The first-order valence-electron chi connectivity index (χ1n) is 12.3. The number of hydrogen-bond acceptors (Lipinski definition) is 5. The van der Waals surface area contributed by atoms with E-state index in [1.807, 2.05) is 25.3 Å². The van der Waals surface area contributed by atoms with Crippen LogP contribution in [0.1, 0.15) is 65.3 Å². The summed E-state index contributed by atoms with van der Waals surface area (Å²) in [6, 6.07) is 4.94. The quantitative estimate of drug-likeness (QED) is 0.581. The standard InChI is InChI=1S/C26H29FN4O4/c1-2-25-11-15-10-17-18(13-31(24(17)34)19-5-6-20(32)29-23(19)33)22(27)21(15)26(25,35)7-9-30(14-25)12-16-4-3-8-28-16/h3-4,8,10,19,28,35H,2,5-7,9,11-14H2,1H3,(H,29,32,33). The van der Waals surface area contributed by atoms with Gasteiger partial charge in [0.2, 0.25) is 11.8 Å². The van der Waals surface area contributed by atoms with Crippen LogP contribution >= 0.6 is 0 Å². The van der Waals surface area contributed by atoms with Gasteiger partial charge >= 0.3 is 0 Å². The Labute approximate surface area is 202 Å². The number of benzene rings is 1. The van der Waals surface area contributed by atoms with Crippen molar-refractivity contribution >= 4 is 17.7 Å². The molecule has 2 saturated heterocycles. The average Bonchev–Trinajstić information content (AvgIpc) is 3.51. The minimum Gasteiger partial charge on any atom is -0.384 e. The van der Waals surface area contributed by atoms with Crippen LogP contribution in [0.2, 0.25) is 0 Å². The van der Waals surface area contributed by atoms with Gasteiger partial charge in [0.15, 0.2) is 0 Å². The van der Waals surface area contributed by atoms with Crippen molar-refractivity contribution < 1.29 is 23.9 Å². The third-order valence-electron chi connectivity index (χ3n) is 8.72. The summed E-state index contributed by atoms with van der Waals surface area (Å²) in [7, 11) is 0. The lowest BCUT2D eigenvalue weighted by atomic mass is 9.66. The number of aromatic nitrogens is 1. The first kappa shape index (κ1) is 22.4. The van der Waals surface area contributed by atoms with E-state index in [4.69, 9.17) is 0 Å². The second-order valence-electron chi connectivity index (χ2n) is 10.5. The Morgan fingerprint density at radius 1 is 1.29 bits per heavy atom. The number of piperidine rings is 2. The number of nitrogens with one attached hydrogen (secondary N) is 2. The van der Waals surface area contributed by atoms with Crippen molar-refractivity contribution in [3.8, 4) is 0 Å². The maximum Gasteiger partial charge on any atom is 0.255 e. The molecule has 2 fully saturated rings. The zero-order valence-electron chi connectivity index (χ0n) is 19.7. The molecule has 9 heteroatoms. The highest BCUT2D eigenvalue weighted by Crippen LogP contribution is 2.58. The normalized spacial score (nSPS) is 30.3. The van der Waals surface area contributed by atoms with Crippen molar-refractivity contribution in [2.45, 2.75) is 63.8 Å². The van der Waals surface area contributed by atoms with Gasteiger partial charge in [-0.1, -0.05) is 6.92 Å². The van der Waals surface area contributed by atoms with Crippen LogP contribution in [-0.2, 0) is 34.7 Å². The molecule has 6 rings (SSSR count). The number of hydrogen-bond donors (Lipinski definition) is 3.